The number of nitrogens with zero attached hydrogens (tertiary/aromatic N) is 1. The van der Waals surface area contributed by atoms with Crippen LogP contribution in [0.2, 0.25) is 0 Å². The van der Waals surface area contributed by atoms with Crippen molar-refractivity contribution in [2.24, 2.45) is 0 Å². The maximum Gasteiger partial charge on any atom is 0.0708 e. The molecule has 0 unspecified atom stereocenters. The SMILES string of the molecule is CC(=S)c1ccc2cccnc2c1. The Bertz CT molecular complexity index is 462. The number of hydrogen-bond acceptors (Lipinski definition) is 2. The van der Waals surface area contributed by atoms with Crippen LogP contribution in [-0.4, -0.2) is 9.85 Å². The fourth-order valence-corrected chi connectivity index (χ4v) is 1.41. The molecule has 0 amide bonds. The van der Waals surface area contributed by atoms with Crippen molar-refractivity contribution in [3.63, 3.8) is 0 Å². The van der Waals surface area contributed by atoms with E-state index in [9.17, 15) is 0 Å². The van der Waals surface area contributed by atoms with Gasteiger partial charge in [-0.25, -0.2) is 0 Å². The maximum absolute atomic E-state index is 5.10. The van der Waals surface area contributed by atoms with E-state index in [-0.39, 0.29) is 0 Å². The fraction of sp³-hybridized carbons (Fsp3) is 0.0909. The predicted octanol–water partition coefficient (Wildman–Crippen LogP) is 2.97. The van der Waals surface area contributed by atoms with Crippen molar-refractivity contribution in [3.8, 4) is 0 Å². The Labute approximate surface area is 82.4 Å². The largest absolute Gasteiger partial charge is 0.256 e. The van der Waals surface area contributed by atoms with E-state index in [0.717, 1.165) is 21.3 Å². The molecule has 1 nitrogen and oxygen atoms in total. The minimum Gasteiger partial charge on any atom is -0.256 e. The molecule has 1 aromatic heterocycles. The second-order valence-corrected chi connectivity index (χ2v) is 3.58. The summed E-state index contributed by atoms with van der Waals surface area (Å²) in [6.45, 7) is 1.93. The van der Waals surface area contributed by atoms with Gasteiger partial charge in [0.2, 0.25) is 0 Å². The molecule has 2 heteroatoms. The molecule has 0 bridgehead atoms. The van der Waals surface area contributed by atoms with Gasteiger partial charge in [0.25, 0.3) is 0 Å². The van der Waals surface area contributed by atoms with Gasteiger partial charge in [0.05, 0.1) is 5.52 Å². The lowest BCUT2D eigenvalue weighted by Crippen LogP contribution is -1.89. The summed E-state index contributed by atoms with van der Waals surface area (Å²) in [7, 11) is 0. The summed E-state index contributed by atoms with van der Waals surface area (Å²) in [5, 5.41) is 1.16. The van der Waals surface area contributed by atoms with Gasteiger partial charge < -0.3 is 0 Å². The number of benzene rings is 1. The van der Waals surface area contributed by atoms with Gasteiger partial charge in [0.1, 0.15) is 0 Å². The summed E-state index contributed by atoms with van der Waals surface area (Å²) in [6.07, 6.45) is 1.80. The number of thiocarbonyl (C=S) groups is 1. The van der Waals surface area contributed by atoms with Crippen molar-refractivity contribution in [1.82, 2.24) is 4.98 Å². The molecule has 64 valence electrons. The first kappa shape index (κ1) is 8.32. The number of fused-ring (bicyclic) bond motifs is 1. The van der Waals surface area contributed by atoms with Crippen molar-refractivity contribution in [3.05, 3.63) is 42.1 Å². The molecule has 0 atom stereocenters. The molecular formula is C11H9NS. The summed E-state index contributed by atoms with van der Waals surface area (Å²) < 4.78 is 0. The molecule has 0 aliphatic rings. The van der Waals surface area contributed by atoms with Crippen LogP contribution in [0.1, 0.15) is 12.5 Å². The molecule has 0 saturated heterocycles. The van der Waals surface area contributed by atoms with Crippen LogP contribution in [-0.2, 0) is 0 Å². The van der Waals surface area contributed by atoms with E-state index < -0.39 is 0 Å². The average Bonchev–Trinajstić information content (AvgIpc) is 2.17. The van der Waals surface area contributed by atoms with E-state index in [4.69, 9.17) is 12.2 Å². The van der Waals surface area contributed by atoms with Gasteiger partial charge in [-0.2, -0.15) is 0 Å². The highest BCUT2D eigenvalue weighted by atomic mass is 32.1. The summed E-state index contributed by atoms with van der Waals surface area (Å²) in [4.78, 5) is 5.17. The smallest absolute Gasteiger partial charge is 0.0708 e. The first-order valence-corrected chi connectivity index (χ1v) is 4.54. The lowest BCUT2D eigenvalue weighted by atomic mass is 10.1. The van der Waals surface area contributed by atoms with E-state index in [2.05, 4.69) is 4.98 Å². The third-order valence-corrected chi connectivity index (χ3v) is 2.25. The van der Waals surface area contributed by atoms with Gasteiger partial charge in [-0.05, 0) is 24.6 Å². The zero-order chi connectivity index (χ0) is 9.26. The van der Waals surface area contributed by atoms with E-state index in [1.54, 1.807) is 6.20 Å². The normalized spacial score (nSPS) is 10.2. The maximum atomic E-state index is 5.10. The second-order valence-electron chi connectivity index (χ2n) is 2.97. The van der Waals surface area contributed by atoms with Gasteiger partial charge in [-0.1, -0.05) is 30.4 Å². The van der Waals surface area contributed by atoms with Gasteiger partial charge in [0.15, 0.2) is 0 Å². The zero-order valence-corrected chi connectivity index (χ0v) is 8.14. The fourth-order valence-electron chi connectivity index (χ4n) is 1.29. The molecule has 1 heterocycles. The third kappa shape index (κ3) is 1.58. The molecular weight excluding hydrogens is 178 g/mol. The molecule has 2 aromatic rings. The Kier molecular flexibility index (Phi) is 2.07. The first-order valence-electron chi connectivity index (χ1n) is 4.13. The quantitative estimate of drug-likeness (QED) is 0.503. The molecule has 0 spiro atoms. The number of pyridine rings is 1. The first-order chi connectivity index (χ1) is 6.27. The van der Waals surface area contributed by atoms with Crippen LogP contribution in [0.5, 0.6) is 0 Å². The number of rotatable bonds is 1. The molecule has 0 aliphatic carbocycles. The Balaban J connectivity index is 2.69. The highest BCUT2D eigenvalue weighted by molar-refractivity contribution is 7.80. The van der Waals surface area contributed by atoms with Crippen molar-refractivity contribution in [2.45, 2.75) is 6.92 Å². The Morgan fingerprint density at radius 3 is 2.92 bits per heavy atom. The van der Waals surface area contributed by atoms with Crippen molar-refractivity contribution in [1.29, 1.82) is 0 Å². The lowest BCUT2D eigenvalue weighted by Gasteiger charge is -1.99. The van der Waals surface area contributed by atoms with Gasteiger partial charge in [0, 0.05) is 16.4 Å². The standard InChI is InChI=1S/C11H9NS/c1-8(13)10-5-4-9-3-2-6-12-11(9)7-10/h2-7H,1H3. The Morgan fingerprint density at radius 1 is 1.31 bits per heavy atom. The van der Waals surface area contributed by atoms with Crippen LogP contribution < -0.4 is 0 Å². The number of hydrogen-bond donors (Lipinski definition) is 0. The lowest BCUT2D eigenvalue weighted by molar-refractivity contribution is 1.41. The van der Waals surface area contributed by atoms with Gasteiger partial charge in [-0.15, -0.1) is 0 Å². The summed E-state index contributed by atoms with van der Waals surface area (Å²) in [5.74, 6) is 0. The Morgan fingerprint density at radius 2 is 2.15 bits per heavy atom. The average molecular weight is 187 g/mol. The van der Waals surface area contributed by atoms with Gasteiger partial charge >= 0.3 is 0 Å². The summed E-state index contributed by atoms with van der Waals surface area (Å²) >= 11 is 5.10. The zero-order valence-electron chi connectivity index (χ0n) is 7.32. The van der Waals surface area contributed by atoms with Crippen molar-refractivity contribution < 1.29 is 0 Å². The minimum atomic E-state index is 0.910. The molecule has 0 radical (unpaired) electrons. The van der Waals surface area contributed by atoms with E-state index in [0.29, 0.717) is 0 Å². The van der Waals surface area contributed by atoms with Crippen LogP contribution in [0.25, 0.3) is 10.9 Å². The molecule has 0 saturated carbocycles. The molecule has 13 heavy (non-hydrogen) atoms. The van der Waals surface area contributed by atoms with E-state index in [1.807, 2.05) is 37.3 Å². The van der Waals surface area contributed by atoms with Crippen LogP contribution in [0.3, 0.4) is 0 Å². The van der Waals surface area contributed by atoms with Crippen molar-refractivity contribution in [2.75, 3.05) is 0 Å². The predicted molar refractivity (Wildman–Crippen MR) is 59.1 cm³/mol. The van der Waals surface area contributed by atoms with Crippen LogP contribution in [0, 0.1) is 0 Å². The molecule has 0 fully saturated rings. The monoisotopic (exact) mass is 187 g/mol. The second kappa shape index (κ2) is 3.23. The summed E-state index contributed by atoms with van der Waals surface area (Å²) in [5.41, 5.74) is 2.09. The van der Waals surface area contributed by atoms with E-state index in [1.165, 1.54) is 0 Å². The number of aromatic nitrogens is 1. The Hall–Kier alpha value is -1.28. The van der Waals surface area contributed by atoms with Crippen LogP contribution >= 0.6 is 12.2 Å². The molecule has 1 aromatic carbocycles. The van der Waals surface area contributed by atoms with E-state index >= 15 is 0 Å². The molecule has 0 aliphatic heterocycles. The molecule has 0 N–H and O–H groups in total. The van der Waals surface area contributed by atoms with Gasteiger partial charge in [-0.3, -0.25) is 4.98 Å². The minimum absolute atomic E-state index is 0.910. The topological polar surface area (TPSA) is 12.9 Å². The van der Waals surface area contributed by atoms with Crippen molar-refractivity contribution >= 4 is 28.0 Å². The highest BCUT2D eigenvalue weighted by Gasteiger charge is 1.97. The van der Waals surface area contributed by atoms with Crippen LogP contribution in [0.4, 0.5) is 0 Å². The highest BCUT2D eigenvalue weighted by Crippen LogP contribution is 2.13. The molecule has 2 rings (SSSR count). The summed E-state index contributed by atoms with van der Waals surface area (Å²) in [6, 6.07) is 10.1. The van der Waals surface area contributed by atoms with Crippen LogP contribution in [0.15, 0.2) is 36.5 Å². The third-order valence-electron chi connectivity index (χ3n) is 2.01.